The fourth-order valence-corrected chi connectivity index (χ4v) is 4.18. The summed E-state index contributed by atoms with van der Waals surface area (Å²) in [5.74, 6) is 1.03. The summed E-state index contributed by atoms with van der Waals surface area (Å²) < 4.78 is 0. The number of phenols is 1. The van der Waals surface area contributed by atoms with Gasteiger partial charge in [-0.15, -0.1) is 11.8 Å². The predicted octanol–water partition coefficient (Wildman–Crippen LogP) is 3.50. The maximum atomic E-state index is 12.5. The molecule has 2 aromatic heterocycles. The molecular formula is C19H17N3O2S. The summed E-state index contributed by atoms with van der Waals surface area (Å²) in [4.78, 5) is 23.3. The number of carbonyl (C=O) groups is 1. The first-order chi connectivity index (χ1) is 12.2. The van der Waals surface area contributed by atoms with Gasteiger partial charge in [-0.05, 0) is 24.3 Å². The van der Waals surface area contributed by atoms with Crippen molar-refractivity contribution < 1.29 is 9.90 Å². The Morgan fingerprint density at radius 1 is 1.16 bits per heavy atom. The highest BCUT2D eigenvalue weighted by Gasteiger charge is 2.31. The Labute approximate surface area is 149 Å². The molecule has 0 radical (unpaired) electrons. The average molecular weight is 351 g/mol. The van der Waals surface area contributed by atoms with E-state index in [4.69, 9.17) is 0 Å². The second-order valence-corrected chi connectivity index (χ2v) is 7.09. The van der Waals surface area contributed by atoms with Crippen LogP contribution >= 0.6 is 11.8 Å². The van der Waals surface area contributed by atoms with E-state index in [2.05, 4.69) is 9.97 Å². The number of hydrogen-bond donors (Lipinski definition) is 1. The number of carbonyl (C=O) groups excluding carboxylic acids is 1. The minimum absolute atomic E-state index is 0.105. The first kappa shape index (κ1) is 15.9. The number of fused-ring (bicyclic) bond motifs is 1. The number of aromatic hydroxyl groups is 1. The third-order valence-corrected chi connectivity index (χ3v) is 5.48. The van der Waals surface area contributed by atoms with Crippen molar-refractivity contribution in [3.05, 3.63) is 66.1 Å². The Balaban J connectivity index is 1.71. The SMILES string of the molecule is O=C1CCSC(c2ccc3cccc(O)c3n2)N1Cc1ccccn1. The van der Waals surface area contributed by atoms with Gasteiger partial charge in [0.2, 0.25) is 5.91 Å². The second kappa shape index (κ2) is 6.72. The smallest absolute Gasteiger partial charge is 0.224 e. The molecule has 1 atom stereocenters. The van der Waals surface area contributed by atoms with Gasteiger partial charge in [0.05, 0.1) is 17.9 Å². The van der Waals surface area contributed by atoms with E-state index in [0.29, 0.717) is 18.5 Å². The quantitative estimate of drug-likeness (QED) is 0.782. The predicted molar refractivity (Wildman–Crippen MR) is 98.0 cm³/mol. The molecule has 3 heterocycles. The number of hydrogen-bond acceptors (Lipinski definition) is 5. The van der Waals surface area contributed by atoms with Gasteiger partial charge in [-0.1, -0.05) is 24.3 Å². The van der Waals surface area contributed by atoms with E-state index < -0.39 is 0 Å². The van der Waals surface area contributed by atoms with Crippen LogP contribution in [0.2, 0.25) is 0 Å². The Kier molecular flexibility index (Phi) is 4.28. The molecule has 1 aliphatic rings. The van der Waals surface area contributed by atoms with E-state index in [1.165, 1.54) is 0 Å². The fourth-order valence-electron chi connectivity index (χ4n) is 2.99. The molecule has 25 heavy (non-hydrogen) atoms. The molecule has 0 saturated carbocycles. The molecule has 5 nitrogen and oxygen atoms in total. The normalized spacial score (nSPS) is 17.8. The summed E-state index contributed by atoms with van der Waals surface area (Å²) in [6.07, 6.45) is 2.26. The summed E-state index contributed by atoms with van der Waals surface area (Å²) in [6.45, 7) is 0.456. The van der Waals surface area contributed by atoms with Gasteiger partial charge in [0.1, 0.15) is 16.6 Å². The monoisotopic (exact) mass is 351 g/mol. The van der Waals surface area contributed by atoms with E-state index in [-0.39, 0.29) is 17.0 Å². The van der Waals surface area contributed by atoms with Crippen molar-refractivity contribution in [2.75, 3.05) is 5.75 Å². The van der Waals surface area contributed by atoms with Crippen LogP contribution in [0.5, 0.6) is 5.75 Å². The Morgan fingerprint density at radius 2 is 2.08 bits per heavy atom. The minimum Gasteiger partial charge on any atom is -0.506 e. The summed E-state index contributed by atoms with van der Waals surface area (Å²) in [6, 6.07) is 14.9. The highest BCUT2D eigenvalue weighted by atomic mass is 32.2. The highest BCUT2D eigenvalue weighted by molar-refractivity contribution is 7.99. The summed E-state index contributed by atoms with van der Waals surface area (Å²) >= 11 is 1.69. The molecule has 1 unspecified atom stereocenters. The molecule has 6 heteroatoms. The first-order valence-corrected chi connectivity index (χ1v) is 9.17. The summed E-state index contributed by atoms with van der Waals surface area (Å²) in [7, 11) is 0. The highest BCUT2D eigenvalue weighted by Crippen LogP contribution is 2.38. The van der Waals surface area contributed by atoms with Gasteiger partial charge >= 0.3 is 0 Å². The van der Waals surface area contributed by atoms with E-state index in [0.717, 1.165) is 22.5 Å². The van der Waals surface area contributed by atoms with Crippen LogP contribution < -0.4 is 0 Å². The number of amides is 1. The first-order valence-electron chi connectivity index (χ1n) is 8.12. The lowest BCUT2D eigenvalue weighted by Crippen LogP contribution is -2.37. The molecule has 0 spiro atoms. The van der Waals surface area contributed by atoms with Crippen molar-refractivity contribution in [1.29, 1.82) is 0 Å². The molecule has 1 amide bonds. The van der Waals surface area contributed by atoms with Crippen LogP contribution in [0.4, 0.5) is 0 Å². The summed E-state index contributed by atoms with van der Waals surface area (Å²) in [5.41, 5.74) is 2.20. The van der Waals surface area contributed by atoms with Gasteiger partial charge in [0.15, 0.2) is 0 Å². The number of thioether (sulfide) groups is 1. The van der Waals surface area contributed by atoms with Crippen LogP contribution in [0, 0.1) is 0 Å². The van der Waals surface area contributed by atoms with E-state index in [9.17, 15) is 9.90 Å². The number of nitrogens with zero attached hydrogens (tertiary/aromatic N) is 3. The molecule has 0 aliphatic carbocycles. The van der Waals surface area contributed by atoms with Gasteiger partial charge in [0.25, 0.3) is 0 Å². The zero-order valence-corrected chi connectivity index (χ0v) is 14.3. The Morgan fingerprint density at radius 3 is 2.92 bits per heavy atom. The zero-order chi connectivity index (χ0) is 17.2. The summed E-state index contributed by atoms with van der Waals surface area (Å²) in [5, 5.41) is 10.8. The molecule has 1 fully saturated rings. The van der Waals surface area contributed by atoms with Crippen LogP contribution in [-0.2, 0) is 11.3 Å². The number of phenolic OH excluding ortho intramolecular Hbond substituents is 1. The van der Waals surface area contributed by atoms with Crippen LogP contribution in [-0.4, -0.2) is 31.6 Å². The van der Waals surface area contributed by atoms with Crippen molar-refractivity contribution in [2.45, 2.75) is 18.3 Å². The standard InChI is InChI=1S/C19H17N3O2S/c23-16-6-3-4-13-7-8-15(21-18(13)16)19-22(17(24)9-11-25-19)12-14-5-1-2-10-20-14/h1-8,10,19,23H,9,11-12H2. The van der Waals surface area contributed by atoms with Gasteiger partial charge in [0, 0.05) is 23.8 Å². The molecule has 1 aliphatic heterocycles. The maximum Gasteiger partial charge on any atom is 0.224 e. The lowest BCUT2D eigenvalue weighted by molar-refractivity contribution is -0.132. The van der Waals surface area contributed by atoms with Crippen LogP contribution in [0.15, 0.2) is 54.7 Å². The minimum atomic E-state index is -0.174. The molecule has 0 bridgehead atoms. The zero-order valence-electron chi connectivity index (χ0n) is 13.5. The molecule has 126 valence electrons. The number of pyridine rings is 2. The molecule has 4 rings (SSSR count). The lowest BCUT2D eigenvalue weighted by Gasteiger charge is -2.34. The number of rotatable bonds is 3. The number of aromatic nitrogens is 2. The van der Waals surface area contributed by atoms with Crippen LogP contribution in [0.3, 0.4) is 0 Å². The molecular weight excluding hydrogens is 334 g/mol. The molecule has 1 aromatic carbocycles. The number of para-hydroxylation sites is 1. The average Bonchev–Trinajstić information content (AvgIpc) is 2.64. The van der Waals surface area contributed by atoms with Crippen molar-refractivity contribution in [1.82, 2.24) is 14.9 Å². The molecule has 1 N–H and O–H groups in total. The third kappa shape index (κ3) is 3.17. The Hall–Kier alpha value is -2.60. The molecule has 3 aromatic rings. The van der Waals surface area contributed by atoms with Gasteiger partial charge in [-0.25, -0.2) is 4.98 Å². The van der Waals surface area contributed by atoms with Crippen LogP contribution in [0.1, 0.15) is 23.2 Å². The van der Waals surface area contributed by atoms with Gasteiger partial charge in [-0.2, -0.15) is 0 Å². The third-order valence-electron chi connectivity index (χ3n) is 4.23. The van der Waals surface area contributed by atoms with E-state index in [1.807, 2.05) is 41.3 Å². The van der Waals surface area contributed by atoms with Gasteiger partial charge < -0.3 is 10.0 Å². The second-order valence-electron chi connectivity index (χ2n) is 5.90. The molecule has 1 saturated heterocycles. The Bertz CT molecular complexity index is 917. The van der Waals surface area contributed by atoms with Crippen molar-refractivity contribution in [3.8, 4) is 5.75 Å². The number of benzene rings is 1. The maximum absolute atomic E-state index is 12.5. The van der Waals surface area contributed by atoms with E-state index >= 15 is 0 Å². The van der Waals surface area contributed by atoms with Crippen molar-refractivity contribution >= 4 is 28.6 Å². The lowest BCUT2D eigenvalue weighted by atomic mass is 10.1. The van der Waals surface area contributed by atoms with Gasteiger partial charge in [-0.3, -0.25) is 9.78 Å². The van der Waals surface area contributed by atoms with Crippen molar-refractivity contribution in [2.24, 2.45) is 0 Å². The van der Waals surface area contributed by atoms with E-state index in [1.54, 1.807) is 30.1 Å². The largest absolute Gasteiger partial charge is 0.506 e. The van der Waals surface area contributed by atoms with Crippen molar-refractivity contribution in [3.63, 3.8) is 0 Å². The fraction of sp³-hybridized carbons (Fsp3) is 0.211. The van der Waals surface area contributed by atoms with Crippen LogP contribution in [0.25, 0.3) is 10.9 Å². The topological polar surface area (TPSA) is 66.3 Å².